The van der Waals surface area contributed by atoms with Crippen LogP contribution in [-0.2, 0) is 6.54 Å². The van der Waals surface area contributed by atoms with Gasteiger partial charge in [0.25, 0.3) is 0 Å². The van der Waals surface area contributed by atoms with Crippen LogP contribution < -0.4 is 10.1 Å². The number of nitrogens with one attached hydrogen (secondary N) is 1. The van der Waals surface area contributed by atoms with Crippen molar-refractivity contribution in [2.45, 2.75) is 12.9 Å². The van der Waals surface area contributed by atoms with Crippen LogP contribution in [0.1, 0.15) is 4.88 Å². The number of nitrogens with zero attached hydrogens (tertiary/aromatic N) is 2. The summed E-state index contributed by atoms with van der Waals surface area (Å²) in [4.78, 5) is 8.36. The SMILES string of the molecule is FC(F)(F)Oc1cnc(NCc2cccs2)cn1. The predicted octanol–water partition coefficient (Wildman–Crippen LogP) is 3.05. The van der Waals surface area contributed by atoms with E-state index in [1.165, 1.54) is 6.20 Å². The maximum atomic E-state index is 11.9. The molecule has 0 spiro atoms. The summed E-state index contributed by atoms with van der Waals surface area (Å²) < 4.78 is 39.2. The molecule has 0 atom stereocenters. The smallest absolute Gasteiger partial charge is 0.386 e. The number of ether oxygens (including phenoxy) is 1. The van der Waals surface area contributed by atoms with Crippen LogP contribution in [0.4, 0.5) is 19.0 Å². The van der Waals surface area contributed by atoms with Crippen molar-refractivity contribution in [3.8, 4) is 5.88 Å². The number of aromatic nitrogens is 2. The van der Waals surface area contributed by atoms with Crippen molar-refractivity contribution in [1.82, 2.24) is 9.97 Å². The Bertz CT molecular complexity index is 484. The van der Waals surface area contributed by atoms with Gasteiger partial charge in [-0.3, -0.25) is 0 Å². The summed E-state index contributed by atoms with van der Waals surface area (Å²) in [6, 6.07) is 3.85. The fourth-order valence-corrected chi connectivity index (χ4v) is 1.81. The molecular formula is C10H8F3N3OS. The highest BCUT2D eigenvalue weighted by molar-refractivity contribution is 7.09. The summed E-state index contributed by atoms with van der Waals surface area (Å²) >= 11 is 1.57. The van der Waals surface area contributed by atoms with Gasteiger partial charge in [0.15, 0.2) is 0 Å². The third-order valence-electron chi connectivity index (χ3n) is 1.87. The lowest BCUT2D eigenvalue weighted by Crippen LogP contribution is -2.18. The summed E-state index contributed by atoms with van der Waals surface area (Å²) in [5, 5.41) is 4.87. The summed E-state index contributed by atoms with van der Waals surface area (Å²) in [6.07, 6.45) is -2.64. The quantitative estimate of drug-likeness (QED) is 0.931. The van der Waals surface area contributed by atoms with Gasteiger partial charge in [-0.2, -0.15) is 0 Å². The van der Waals surface area contributed by atoms with Crippen LogP contribution in [0.25, 0.3) is 0 Å². The van der Waals surface area contributed by atoms with Crippen molar-refractivity contribution < 1.29 is 17.9 Å². The lowest BCUT2D eigenvalue weighted by Gasteiger charge is -2.08. The highest BCUT2D eigenvalue weighted by Crippen LogP contribution is 2.20. The first-order valence-electron chi connectivity index (χ1n) is 4.87. The van der Waals surface area contributed by atoms with Gasteiger partial charge in [-0.15, -0.1) is 24.5 Å². The van der Waals surface area contributed by atoms with E-state index in [1.54, 1.807) is 11.3 Å². The molecule has 0 fully saturated rings. The molecule has 2 aromatic heterocycles. The van der Waals surface area contributed by atoms with Gasteiger partial charge in [0.05, 0.1) is 18.9 Å². The molecular weight excluding hydrogens is 267 g/mol. The van der Waals surface area contributed by atoms with E-state index in [0.29, 0.717) is 12.4 Å². The molecule has 0 aliphatic rings. The molecule has 0 amide bonds. The van der Waals surface area contributed by atoms with Gasteiger partial charge in [0.1, 0.15) is 5.82 Å². The molecule has 0 aliphatic carbocycles. The van der Waals surface area contributed by atoms with Crippen molar-refractivity contribution in [2.75, 3.05) is 5.32 Å². The van der Waals surface area contributed by atoms with Gasteiger partial charge < -0.3 is 10.1 Å². The zero-order chi connectivity index (χ0) is 13.0. The Morgan fingerprint density at radius 2 is 2.11 bits per heavy atom. The van der Waals surface area contributed by atoms with E-state index >= 15 is 0 Å². The summed E-state index contributed by atoms with van der Waals surface area (Å²) in [5.74, 6) is -0.193. The standard InChI is InChI=1S/C10H8F3N3OS/c11-10(12,13)17-9-6-15-8(5-16-9)14-4-7-2-1-3-18-7/h1-3,5-6H,4H2,(H,14,15). The maximum Gasteiger partial charge on any atom is 0.574 e. The zero-order valence-electron chi connectivity index (χ0n) is 8.94. The second-order valence-electron chi connectivity index (χ2n) is 3.22. The summed E-state index contributed by atoms with van der Waals surface area (Å²) in [6.45, 7) is 0.547. The maximum absolute atomic E-state index is 11.9. The highest BCUT2D eigenvalue weighted by atomic mass is 32.1. The number of halogens is 3. The van der Waals surface area contributed by atoms with E-state index in [-0.39, 0.29) is 0 Å². The van der Waals surface area contributed by atoms with Gasteiger partial charge in [-0.25, -0.2) is 9.97 Å². The molecule has 0 aliphatic heterocycles. The Hall–Kier alpha value is -1.83. The molecule has 2 heterocycles. The molecule has 4 nitrogen and oxygen atoms in total. The summed E-state index contributed by atoms with van der Waals surface area (Å²) in [5.41, 5.74) is 0. The van der Waals surface area contributed by atoms with E-state index in [4.69, 9.17) is 0 Å². The Morgan fingerprint density at radius 3 is 2.67 bits per heavy atom. The van der Waals surface area contributed by atoms with E-state index in [1.807, 2.05) is 17.5 Å². The Kier molecular flexibility index (Phi) is 3.66. The van der Waals surface area contributed by atoms with E-state index in [0.717, 1.165) is 11.1 Å². The average molecular weight is 275 g/mol. The van der Waals surface area contributed by atoms with Gasteiger partial charge in [-0.1, -0.05) is 6.07 Å². The molecule has 0 saturated heterocycles. The predicted molar refractivity (Wildman–Crippen MR) is 60.4 cm³/mol. The van der Waals surface area contributed by atoms with Crippen LogP contribution in [0.2, 0.25) is 0 Å². The number of thiophene rings is 1. The monoisotopic (exact) mass is 275 g/mol. The second-order valence-corrected chi connectivity index (χ2v) is 4.25. The Labute approximate surface area is 104 Å². The number of hydrogen-bond acceptors (Lipinski definition) is 5. The molecule has 0 saturated carbocycles. The van der Waals surface area contributed by atoms with Crippen LogP contribution in [0.5, 0.6) is 5.88 Å². The van der Waals surface area contributed by atoms with Gasteiger partial charge in [0.2, 0.25) is 5.88 Å². The third-order valence-corrected chi connectivity index (χ3v) is 2.75. The van der Waals surface area contributed by atoms with Gasteiger partial charge in [0, 0.05) is 4.88 Å². The van der Waals surface area contributed by atoms with Crippen molar-refractivity contribution in [3.05, 3.63) is 34.8 Å². The molecule has 18 heavy (non-hydrogen) atoms. The van der Waals surface area contributed by atoms with E-state index < -0.39 is 12.2 Å². The fourth-order valence-electron chi connectivity index (χ4n) is 1.17. The van der Waals surface area contributed by atoms with E-state index in [2.05, 4.69) is 20.0 Å². The number of alkyl halides is 3. The van der Waals surface area contributed by atoms with Crippen molar-refractivity contribution in [2.24, 2.45) is 0 Å². The first kappa shape index (κ1) is 12.6. The minimum Gasteiger partial charge on any atom is -0.386 e. The number of anilines is 1. The van der Waals surface area contributed by atoms with Crippen molar-refractivity contribution >= 4 is 17.2 Å². The van der Waals surface area contributed by atoms with Crippen molar-refractivity contribution in [1.29, 1.82) is 0 Å². The third kappa shape index (κ3) is 3.88. The minimum absolute atomic E-state index is 0.387. The lowest BCUT2D eigenvalue weighted by molar-refractivity contribution is -0.276. The largest absolute Gasteiger partial charge is 0.574 e. The van der Waals surface area contributed by atoms with Crippen molar-refractivity contribution in [3.63, 3.8) is 0 Å². The minimum atomic E-state index is -4.75. The molecule has 96 valence electrons. The zero-order valence-corrected chi connectivity index (χ0v) is 9.76. The second kappa shape index (κ2) is 5.21. The van der Waals surface area contributed by atoms with Crippen LogP contribution in [-0.4, -0.2) is 16.3 Å². The Balaban J connectivity index is 1.91. The number of hydrogen-bond donors (Lipinski definition) is 1. The fraction of sp³-hybridized carbons (Fsp3) is 0.200. The first-order valence-corrected chi connectivity index (χ1v) is 5.75. The number of rotatable bonds is 4. The molecule has 0 unspecified atom stereocenters. The van der Waals surface area contributed by atoms with Crippen LogP contribution in [0, 0.1) is 0 Å². The average Bonchev–Trinajstić information content (AvgIpc) is 2.79. The van der Waals surface area contributed by atoms with Crippen LogP contribution >= 0.6 is 11.3 Å². The summed E-state index contributed by atoms with van der Waals surface area (Å²) in [7, 11) is 0. The Morgan fingerprint density at radius 1 is 1.28 bits per heavy atom. The molecule has 2 aromatic rings. The van der Waals surface area contributed by atoms with Crippen LogP contribution in [0.3, 0.4) is 0 Å². The topological polar surface area (TPSA) is 47.0 Å². The molecule has 0 radical (unpaired) electrons. The molecule has 8 heteroatoms. The first-order chi connectivity index (χ1) is 8.53. The van der Waals surface area contributed by atoms with Gasteiger partial charge in [-0.05, 0) is 11.4 Å². The molecule has 1 N–H and O–H groups in total. The lowest BCUT2D eigenvalue weighted by atomic mass is 10.4. The van der Waals surface area contributed by atoms with Gasteiger partial charge >= 0.3 is 6.36 Å². The normalized spacial score (nSPS) is 11.3. The highest BCUT2D eigenvalue weighted by Gasteiger charge is 2.31. The van der Waals surface area contributed by atoms with Crippen LogP contribution in [0.15, 0.2) is 29.9 Å². The molecule has 2 rings (SSSR count). The molecule has 0 aromatic carbocycles. The molecule has 0 bridgehead atoms. The van der Waals surface area contributed by atoms with E-state index in [9.17, 15) is 13.2 Å².